The van der Waals surface area contributed by atoms with Crippen LogP contribution in [0.15, 0.2) is 66.7 Å². The van der Waals surface area contributed by atoms with Crippen LogP contribution in [0.1, 0.15) is 29.4 Å². The molecule has 9 heteroatoms. The van der Waals surface area contributed by atoms with Crippen molar-refractivity contribution in [1.82, 2.24) is 9.97 Å². The first kappa shape index (κ1) is 24.3. The third-order valence-electron chi connectivity index (χ3n) is 6.52. The van der Waals surface area contributed by atoms with Gasteiger partial charge < -0.3 is 4.74 Å². The van der Waals surface area contributed by atoms with Gasteiger partial charge in [0.1, 0.15) is 16.5 Å². The lowest BCUT2D eigenvalue weighted by molar-refractivity contribution is 0.101. The minimum atomic E-state index is -0.204. The normalized spacial score (nSPS) is 12.8. The number of carbonyl (C=O) groups excluding carboxylic acids is 2. The molecule has 2 amide bonds. The summed E-state index contributed by atoms with van der Waals surface area (Å²) in [5.74, 6) is 0.662. The second-order valence-corrected chi connectivity index (χ2v) is 11.0. The maximum Gasteiger partial charge on any atom is 0.328 e. The van der Waals surface area contributed by atoms with Gasteiger partial charge in [-0.1, -0.05) is 35.6 Å². The fourth-order valence-electron chi connectivity index (χ4n) is 4.62. The molecule has 1 aliphatic heterocycles. The number of rotatable bonds is 5. The van der Waals surface area contributed by atoms with Crippen molar-refractivity contribution in [1.29, 1.82) is 0 Å². The zero-order valence-corrected chi connectivity index (χ0v) is 22.5. The van der Waals surface area contributed by atoms with Crippen molar-refractivity contribution in [2.24, 2.45) is 0 Å². The highest BCUT2D eigenvalue weighted by atomic mass is 32.1. The summed E-state index contributed by atoms with van der Waals surface area (Å²) in [6.45, 7) is 2.15. The van der Waals surface area contributed by atoms with Crippen LogP contribution in [0.2, 0.25) is 0 Å². The second kappa shape index (κ2) is 10.00. The van der Waals surface area contributed by atoms with Crippen LogP contribution in [-0.4, -0.2) is 35.4 Å². The van der Waals surface area contributed by atoms with Gasteiger partial charge in [0.15, 0.2) is 10.9 Å². The third-order valence-corrected chi connectivity index (χ3v) is 8.62. The highest BCUT2D eigenvalue weighted by Gasteiger charge is 2.25. The van der Waals surface area contributed by atoms with Gasteiger partial charge >= 0.3 is 6.03 Å². The predicted molar refractivity (Wildman–Crippen MR) is 154 cm³/mol. The van der Waals surface area contributed by atoms with Crippen molar-refractivity contribution in [2.75, 3.05) is 23.9 Å². The summed E-state index contributed by atoms with van der Waals surface area (Å²) in [6, 6.07) is 21.3. The van der Waals surface area contributed by atoms with E-state index in [0.717, 1.165) is 61.1 Å². The van der Waals surface area contributed by atoms with Crippen LogP contribution in [0.25, 0.3) is 31.2 Å². The number of aromatic nitrogens is 2. The molecule has 190 valence electrons. The summed E-state index contributed by atoms with van der Waals surface area (Å²) in [6.07, 6.45) is 1.78. The van der Waals surface area contributed by atoms with Crippen LogP contribution in [-0.2, 0) is 6.42 Å². The molecule has 3 heterocycles. The van der Waals surface area contributed by atoms with Gasteiger partial charge in [-0.3, -0.25) is 15.0 Å². The Bertz CT molecular complexity index is 1640. The van der Waals surface area contributed by atoms with Gasteiger partial charge in [0.05, 0.1) is 22.2 Å². The molecular weight excluding hydrogens is 516 g/mol. The zero-order valence-electron chi connectivity index (χ0n) is 20.9. The summed E-state index contributed by atoms with van der Waals surface area (Å²) in [5.41, 5.74) is 5.06. The van der Waals surface area contributed by atoms with E-state index < -0.39 is 0 Å². The number of hydrogen-bond acceptors (Lipinski definition) is 7. The fourth-order valence-corrected chi connectivity index (χ4v) is 6.59. The summed E-state index contributed by atoms with van der Waals surface area (Å²) in [7, 11) is 1.62. The van der Waals surface area contributed by atoms with Crippen molar-refractivity contribution >= 4 is 55.5 Å². The number of carbonyl (C=O) groups is 2. The Morgan fingerprint density at radius 3 is 2.53 bits per heavy atom. The maximum absolute atomic E-state index is 13.4. The lowest BCUT2D eigenvalue weighted by Crippen LogP contribution is -2.38. The van der Waals surface area contributed by atoms with Crippen molar-refractivity contribution in [2.45, 2.75) is 19.8 Å². The molecule has 1 aliphatic rings. The number of methoxy groups -OCH3 is 1. The summed E-state index contributed by atoms with van der Waals surface area (Å²) in [4.78, 5) is 37.7. The molecule has 3 aromatic carbocycles. The van der Waals surface area contributed by atoms with E-state index in [1.807, 2.05) is 60.7 Å². The number of amides is 2. The number of ether oxygens (including phenoxy) is 1. The van der Waals surface area contributed by atoms with Crippen LogP contribution >= 0.6 is 22.7 Å². The third kappa shape index (κ3) is 4.55. The number of nitrogens with one attached hydrogen (secondary N) is 1. The van der Waals surface area contributed by atoms with Gasteiger partial charge in [0.2, 0.25) is 0 Å². The number of nitrogens with zero attached hydrogens (tertiary/aromatic N) is 3. The molecule has 0 radical (unpaired) electrons. The van der Waals surface area contributed by atoms with E-state index in [-0.39, 0.29) is 11.8 Å². The van der Waals surface area contributed by atoms with E-state index in [4.69, 9.17) is 9.72 Å². The first-order valence-electron chi connectivity index (χ1n) is 12.2. The summed E-state index contributed by atoms with van der Waals surface area (Å²) >= 11 is 2.93. The molecule has 6 rings (SSSR count). The molecule has 0 aliphatic carbocycles. The smallest absolute Gasteiger partial charge is 0.328 e. The average molecular weight is 541 g/mol. The standard InChI is InChI=1S/C29H24N4O3S2/c1-17(34)25-26(19-11-13-21(36-2)14-12-19)38-27(31-25)20-10-9-18-6-5-15-33(23(18)16-20)29(35)32-28-30-22-7-3-4-8-24(22)37-28/h3-4,7-14,16H,5-6,15H2,1-2H3,(H,30,32,35). The molecule has 38 heavy (non-hydrogen) atoms. The van der Waals surface area contributed by atoms with Crippen LogP contribution in [0, 0.1) is 0 Å². The second-order valence-electron chi connectivity index (χ2n) is 9.00. The molecule has 0 atom stereocenters. The van der Waals surface area contributed by atoms with Crippen LogP contribution in [0.4, 0.5) is 15.6 Å². The van der Waals surface area contributed by atoms with Crippen LogP contribution < -0.4 is 15.0 Å². The molecule has 2 aromatic heterocycles. The Morgan fingerprint density at radius 1 is 0.974 bits per heavy atom. The lowest BCUT2D eigenvalue weighted by atomic mass is 10.00. The van der Waals surface area contributed by atoms with Crippen molar-refractivity contribution in [3.8, 4) is 26.8 Å². The summed E-state index contributed by atoms with van der Waals surface area (Å²) < 4.78 is 6.30. The lowest BCUT2D eigenvalue weighted by Gasteiger charge is -2.29. The van der Waals surface area contributed by atoms with Gasteiger partial charge in [0.25, 0.3) is 0 Å². The Balaban J connectivity index is 1.33. The molecule has 0 unspecified atom stereocenters. The number of ketones is 1. The fraction of sp³-hybridized carbons (Fsp3) is 0.172. The average Bonchev–Trinajstić information content (AvgIpc) is 3.57. The molecular formula is C29H24N4O3S2. The number of para-hydroxylation sites is 1. The van der Waals surface area contributed by atoms with Crippen LogP contribution in [0.3, 0.4) is 0 Å². The number of fused-ring (bicyclic) bond motifs is 2. The highest BCUT2D eigenvalue weighted by molar-refractivity contribution is 7.22. The topological polar surface area (TPSA) is 84.4 Å². The molecule has 0 saturated carbocycles. The summed E-state index contributed by atoms with van der Waals surface area (Å²) in [5, 5.41) is 4.30. The number of anilines is 2. The number of thiazole rings is 2. The van der Waals surface area contributed by atoms with Crippen molar-refractivity contribution in [3.05, 3.63) is 78.0 Å². The van der Waals surface area contributed by atoms with E-state index in [1.165, 1.54) is 29.6 Å². The molecule has 0 fully saturated rings. The first-order valence-corrected chi connectivity index (χ1v) is 13.9. The quantitative estimate of drug-likeness (QED) is 0.237. The van der Waals surface area contributed by atoms with Gasteiger partial charge in [-0.2, -0.15) is 0 Å². The minimum absolute atomic E-state index is 0.0897. The van der Waals surface area contributed by atoms with Gasteiger partial charge in [-0.05, 0) is 66.4 Å². The Kier molecular flexibility index (Phi) is 6.39. The number of Topliss-reactive ketones (excluding diaryl/α,β-unsaturated/α-hetero) is 1. The van der Waals surface area contributed by atoms with E-state index in [2.05, 4.69) is 16.4 Å². The number of benzene rings is 3. The molecule has 0 bridgehead atoms. The van der Waals surface area contributed by atoms with Crippen LogP contribution in [0.5, 0.6) is 5.75 Å². The maximum atomic E-state index is 13.4. The van der Waals surface area contributed by atoms with Gasteiger partial charge in [0, 0.05) is 24.7 Å². The van der Waals surface area contributed by atoms with Gasteiger partial charge in [-0.25, -0.2) is 14.8 Å². The minimum Gasteiger partial charge on any atom is -0.497 e. The molecule has 0 spiro atoms. The van der Waals surface area contributed by atoms with E-state index >= 15 is 0 Å². The molecule has 1 N–H and O–H groups in total. The van der Waals surface area contributed by atoms with E-state index in [9.17, 15) is 9.59 Å². The van der Waals surface area contributed by atoms with Gasteiger partial charge in [-0.15, -0.1) is 11.3 Å². The number of urea groups is 1. The molecule has 5 aromatic rings. The SMILES string of the molecule is COc1ccc(-c2sc(-c3ccc4c(c3)N(C(=O)Nc3nc5ccccc5s3)CCC4)nc2C(C)=O)cc1. The van der Waals surface area contributed by atoms with E-state index in [1.54, 1.807) is 12.0 Å². The zero-order chi connectivity index (χ0) is 26.2. The Morgan fingerprint density at radius 2 is 1.76 bits per heavy atom. The Hall–Kier alpha value is -4.08. The monoisotopic (exact) mass is 540 g/mol. The number of aryl methyl sites for hydroxylation is 1. The Labute approximate surface area is 227 Å². The van der Waals surface area contributed by atoms with Crippen molar-refractivity contribution in [3.63, 3.8) is 0 Å². The molecule has 0 saturated heterocycles. The highest BCUT2D eigenvalue weighted by Crippen LogP contribution is 2.39. The molecule has 7 nitrogen and oxygen atoms in total. The largest absolute Gasteiger partial charge is 0.497 e. The van der Waals surface area contributed by atoms with E-state index in [0.29, 0.717) is 17.4 Å². The first-order chi connectivity index (χ1) is 18.5. The predicted octanol–water partition coefficient (Wildman–Crippen LogP) is 7.28. The number of hydrogen-bond donors (Lipinski definition) is 1. The van der Waals surface area contributed by atoms with Crippen molar-refractivity contribution < 1.29 is 14.3 Å².